The summed E-state index contributed by atoms with van der Waals surface area (Å²) in [4.78, 5) is 2.51. The normalized spacial score (nSPS) is 24.5. The molecular weight excluding hydrogens is 262 g/mol. The Balaban J connectivity index is 1.86. The summed E-state index contributed by atoms with van der Waals surface area (Å²) in [5.74, 6) is 0. The van der Waals surface area contributed by atoms with Crippen LogP contribution in [0.25, 0.3) is 0 Å². The van der Waals surface area contributed by atoms with Gasteiger partial charge >= 0.3 is 0 Å². The molecule has 1 fully saturated rings. The number of nitrogens with zero attached hydrogens (tertiary/aromatic N) is 1. The van der Waals surface area contributed by atoms with E-state index in [1.54, 1.807) is 0 Å². The van der Waals surface area contributed by atoms with Crippen LogP contribution in [-0.4, -0.2) is 31.9 Å². The predicted octanol–water partition coefficient (Wildman–Crippen LogP) is 4.28. The van der Waals surface area contributed by atoms with Gasteiger partial charge in [0, 0.05) is 19.1 Å². The molecule has 0 amide bonds. The lowest BCUT2D eigenvalue weighted by atomic mass is 10.2. The van der Waals surface area contributed by atoms with Gasteiger partial charge in [-0.05, 0) is 30.6 Å². The fourth-order valence-electron chi connectivity index (χ4n) is 2.36. The first-order valence-electron chi connectivity index (χ1n) is 7.66. The summed E-state index contributed by atoms with van der Waals surface area (Å²) in [5, 5.41) is 0.292. The lowest BCUT2D eigenvalue weighted by molar-refractivity contribution is 0.179. The van der Waals surface area contributed by atoms with E-state index in [-0.39, 0.29) is 0 Å². The van der Waals surface area contributed by atoms with Crippen molar-refractivity contribution in [3.05, 3.63) is 35.9 Å². The summed E-state index contributed by atoms with van der Waals surface area (Å²) < 4.78 is 6.49. The minimum atomic E-state index is -1.64. The molecule has 1 saturated heterocycles. The first-order valence-corrected chi connectivity index (χ1v) is 10.6. The molecule has 1 aromatic rings. The maximum Gasteiger partial charge on any atom is 0.192 e. The zero-order chi connectivity index (χ0) is 15.0. The highest BCUT2D eigenvalue weighted by atomic mass is 28.4. The molecule has 0 radical (unpaired) electrons. The van der Waals surface area contributed by atoms with Crippen LogP contribution in [0.4, 0.5) is 0 Å². The molecule has 1 aliphatic heterocycles. The third kappa shape index (κ3) is 3.71. The summed E-state index contributed by atoms with van der Waals surface area (Å²) in [5.41, 5.74) is 1.40. The second kappa shape index (κ2) is 5.62. The van der Waals surface area contributed by atoms with Crippen molar-refractivity contribution < 1.29 is 4.43 Å². The molecule has 3 heteroatoms. The molecule has 112 valence electrons. The van der Waals surface area contributed by atoms with E-state index in [1.807, 2.05) is 0 Å². The molecule has 1 aliphatic rings. The Morgan fingerprint density at radius 3 is 2.40 bits per heavy atom. The van der Waals surface area contributed by atoms with Gasteiger partial charge in [-0.15, -0.1) is 0 Å². The van der Waals surface area contributed by atoms with Crippen LogP contribution in [0, 0.1) is 0 Å². The maximum absolute atomic E-state index is 6.49. The van der Waals surface area contributed by atoms with Gasteiger partial charge in [-0.2, -0.15) is 0 Å². The van der Waals surface area contributed by atoms with Crippen LogP contribution in [-0.2, 0) is 11.0 Å². The average molecular weight is 292 g/mol. The summed E-state index contributed by atoms with van der Waals surface area (Å²) in [6.07, 6.45) is 0.347. The Kier molecular flexibility index (Phi) is 4.43. The van der Waals surface area contributed by atoms with Crippen LogP contribution in [0.1, 0.15) is 33.3 Å². The first-order chi connectivity index (χ1) is 9.21. The van der Waals surface area contributed by atoms with E-state index in [0.717, 1.165) is 6.54 Å². The fraction of sp³-hybridized carbons (Fsp3) is 0.647. The molecule has 0 bridgehead atoms. The van der Waals surface area contributed by atoms with E-state index in [9.17, 15) is 0 Å². The maximum atomic E-state index is 6.49. The summed E-state index contributed by atoms with van der Waals surface area (Å²) >= 11 is 0. The highest BCUT2D eigenvalue weighted by Gasteiger charge is 2.44. The van der Waals surface area contributed by atoms with Gasteiger partial charge in [-0.3, -0.25) is 4.90 Å². The SMILES string of the molecule is C[C@@H](O[Si](C)(C)C(C)(C)C)[C@H]1CN1Cc1ccccc1. The largest absolute Gasteiger partial charge is 0.413 e. The Labute approximate surface area is 125 Å². The van der Waals surface area contributed by atoms with Gasteiger partial charge < -0.3 is 4.43 Å². The third-order valence-electron chi connectivity index (χ3n) is 4.81. The molecule has 2 rings (SSSR count). The van der Waals surface area contributed by atoms with Gasteiger partial charge in [0.15, 0.2) is 8.32 Å². The molecule has 2 nitrogen and oxygen atoms in total. The highest BCUT2D eigenvalue weighted by Crippen LogP contribution is 2.39. The first kappa shape index (κ1) is 15.7. The van der Waals surface area contributed by atoms with E-state index < -0.39 is 8.32 Å². The van der Waals surface area contributed by atoms with Gasteiger partial charge in [0.2, 0.25) is 0 Å². The number of benzene rings is 1. The fourth-order valence-corrected chi connectivity index (χ4v) is 3.80. The Hall–Kier alpha value is -0.643. The van der Waals surface area contributed by atoms with E-state index in [1.165, 1.54) is 12.1 Å². The quantitative estimate of drug-likeness (QED) is 0.593. The molecule has 0 aromatic heterocycles. The predicted molar refractivity (Wildman–Crippen MR) is 88.4 cm³/mol. The number of rotatable bonds is 5. The summed E-state index contributed by atoms with van der Waals surface area (Å²) in [7, 11) is -1.64. The van der Waals surface area contributed by atoms with E-state index >= 15 is 0 Å². The summed E-state index contributed by atoms with van der Waals surface area (Å²) in [6.45, 7) is 16.1. The van der Waals surface area contributed by atoms with Crippen LogP contribution in [0.3, 0.4) is 0 Å². The number of hydrogen-bond acceptors (Lipinski definition) is 2. The average Bonchev–Trinajstić information content (AvgIpc) is 3.07. The lowest BCUT2D eigenvalue weighted by Crippen LogP contribution is -2.44. The molecule has 0 N–H and O–H groups in total. The van der Waals surface area contributed by atoms with Crippen LogP contribution in [0.15, 0.2) is 30.3 Å². The minimum absolute atomic E-state index is 0.292. The molecule has 3 atom stereocenters. The van der Waals surface area contributed by atoms with Crippen molar-refractivity contribution in [1.82, 2.24) is 4.90 Å². The monoisotopic (exact) mass is 291 g/mol. The zero-order valence-electron chi connectivity index (χ0n) is 13.8. The molecule has 1 heterocycles. The molecular formula is C17H29NOSi. The van der Waals surface area contributed by atoms with Crippen LogP contribution < -0.4 is 0 Å². The lowest BCUT2D eigenvalue weighted by Gasteiger charge is -2.38. The van der Waals surface area contributed by atoms with Crippen molar-refractivity contribution in [3.63, 3.8) is 0 Å². The standard InChI is InChI=1S/C17H29NOSi/c1-14(19-20(5,6)17(2,3)4)16-13-18(16)12-15-10-8-7-9-11-15/h7-11,14,16H,12-13H2,1-6H3/t14-,16-,18?/m1/s1. The number of hydrogen-bond donors (Lipinski definition) is 0. The van der Waals surface area contributed by atoms with Crippen molar-refractivity contribution in [2.24, 2.45) is 0 Å². The highest BCUT2D eigenvalue weighted by molar-refractivity contribution is 6.74. The van der Waals surface area contributed by atoms with E-state index in [4.69, 9.17) is 4.43 Å². The third-order valence-corrected chi connectivity index (χ3v) is 9.39. The van der Waals surface area contributed by atoms with E-state index in [2.05, 4.69) is 76.0 Å². The Morgan fingerprint density at radius 1 is 1.25 bits per heavy atom. The minimum Gasteiger partial charge on any atom is -0.413 e. The smallest absolute Gasteiger partial charge is 0.192 e. The van der Waals surface area contributed by atoms with Crippen molar-refractivity contribution in [2.75, 3.05) is 6.54 Å². The van der Waals surface area contributed by atoms with Crippen molar-refractivity contribution in [3.8, 4) is 0 Å². The van der Waals surface area contributed by atoms with E-state index in [0.29, 0.717) is 17.2 Å². The van der Waals surface area contributed by atoms with Crippen molar-refractivity contribution in [1.29, 1.82) is 0 Å². The molecule has 0 saturated carbocycles. The summed E-state index contributed by atoms with van der Waals surface area (Å²) in [6, 6.07) is 11.3. The Morgan fingerprint density at radius 2 is 1.85 bits per heavy atom. The van der Waals surface area contributed by atoms with Crippen molar-refractivity contribution in [2.45, 2.75) is 64.5 Å². The van der Waals surface area contributed by atoms with Crippen LogP contribution >= 0.6 is 0 Å². The zero-order valence-corrected chi connectivity index (χ0v) is 14.8. The van der Waals surface area contributed by atoms with Gasteiger partial charge in [0.05, 0.1) is 6.10 Å². The topological polar surface area (TPSA) is 12.2 Å². The van der Waals surface area contributed by atoms with Gasteiger partial charge in [-0.1, -0.05) is 51.1 Å². The molecule has 1 unspecified atom stereocenters. The molecule has 0 aliphatic carbocycles. The van der Waals surface area contributed by atoms with Crippen LogP contribution in [0.5, 0.6) is 0 Å². The van der Waals surface area contributed by atoms with Crippen molar-refractivity contribution >= 4 is 8.32 Å². The molecule has 0 spiro atoms. The second-order valence-electron chi connectivity index (χ2n) is 7.57. The van der Waals surface area contributed by atoms with Gasteiger partial charge in [-0.25, -0.2) is 0 Å². The molecule has 20 heavy (non-hydrogen) atoms. The molecule has 1 aromatic carbocycles. The van der Waals surface area contributed by atoms with Crippen LogP contribution in [0.2, 0.25) is 18.1 Å². The van der Waals surface area contributed by atoms with Gasteiger partial charge in [0.1, 0.15) is 0 Å². The van der Waals surface area contributed by atoms with Gasteiger partial charge in [0.25, 0.3) is 0 Å². The Bertz CT molecular complexity index is 438. The second-order valence-corrected chi connectivity index (χ2v) is 12.3.